The van der Waals surface area contributed by atoms with Crippen LogP contribution in [0.15, 0.2) is 24.3 Å². The van der Waals surface area contributed by atoms with Crippen molar-refractivity contribution in [3.63, 3.8) is 0 Å². The molecule has 0 amide bonds. The van der Waals surface area contributed by atoms with Gasteiger partial charge >= 0.3 is 0 Å². The Balaban J connectivity index is 2.37. The molecule has 1 aromatic carbocycles. The van der Waals surface area contributed by atoms with E-state index in [1.165, 1.54) is 5.56 Å². The lowest BCUT2D eigenvalue weighted by atomic mass is 9.56. The third kappa shape index (κ3) is 1.62. The van der Waals surface area contributed by atoms with Crippen molar-refractivity contribution in [3.8, 4) is 0 Å². The normalized spacial score (nSPS) is 25.4. The molecule has 2 heteroatoms. The van der Waals surface area contributed by atoms with Crippen LogP contribution in [0.25, 0.3) is 0 Å². The van der Waals surface area contributed by atoms with Crippen LogP contribution in [0.3, 0.4) is 0 Å². The molecule has 1 aliphatic rings. The van der Waals surface area contributed by atoms with Crippen LogP contribution >= 0.6 is 0 Å². The van der Waals surface area contributed by atoms with Gasteiger partial charge in [0.1, 0.15) is 5.60 Å². The molecule has 0 unspecified atom stereocenters. The fraction of sp³-hybridized carbons (Fsp3) is 0.600. The minimum atomic E-state index is -0.896. The van der Waals surface area contributed by atoms with Crippen molar-refractivity contribution in [2.45, 2.75) is 45.8 Å². The molecule has 2 nitrogen and oxygen atoms in total. The second kappa shape index (κ2) is 3.82. The van der Waals surface area contributed by atoms with Crippen LogP contribution in [0.5, 0.6) is 0 Å². The summed E-state index contributed by atoms with van der Waals surface area (Å²) in [6.45, 7) is 7.88. The minimum Gasteiger partial charge on any atom is -0.392 e. The lowest BCUT2D eigenvalue weighted by molar-refractivity contribution is -0.157. The van der Waals surface area contributed by atoms with Gasteiger partial charge in [0.05, 0.1) is 6.10 Å². The number of fused-ring (bicyclic) bond motifs is 1. The summed E-state index contributed by atoms with van der Waals surface area (Å²) in [4.78, 5) is 0. The Morgan fingerprint density at radius 2 is 1.82 bits per heavy atom. The summed E-state index contributed by atoms with van der Waals surface area (Å²) in [7, 11) is 0. The average Bonchev–Trinajstić information content (AvgIpc) is 2.26. The van der Waals surface area contributed by atoms with Crippen molar-refractivity contribution in [2.24, 2.45) is 11.3 Å². The molecule has 0 heterocycles. The maximum absolute atomic E-state index is 10.8. The smallest absolute Gasteiger partial charge is 0.101 e. The zero-order valence-corrected chi connectivity index (χ0v) is 11.1. The first-order valence-electron chi connectivity index (χ1n) is 6.29. The van der Waals surface area contributed by atoms with Crippen LogP contribution in [-0.2, 0) is 12.0 Å². The molecule has 1 aromatic rings. The average molecular weight is 234 g/mol. The highest BCUT2D eigenvalue weighted by atomic mass is 16.3. The Morgan fingerprint density at radius 3 is 2.35 bits per heavy atom. The maximum Gasteiger partial charge on any atom is 0.101 e. The van der Waals surface area contributed by atoms with Crippen LogP contribution in [0, 0.1) is 11.3 Å². The number of hydrogen-bond acceptors (Lipinski definition) is 2. The first-order valence-corrected chi connectivity index (χ1v) is 6.29. The molecular formula is C15H22O2. The van der Waals surface area contributed by atoms with Crippen molar-refractivity contribution in [1.29, 1.82) is 0 Å². The molecule has 0 aromatic heterocycles. The highest BCUT2D eigenvalue weighted by Crippen LogP contribution is 2.53. The van der Waals surface area contributed by atoms with E-state index in [4.69, 9.17) is 0 Å². The van der Waals surface area contributed by atoms with Crippen molar-refractivity contribution >= 4 is 0 Å². The lowest BCUT2D eigenvalue weighted by Gasteiger charge is -2.53. The molecule has 0 radical (unpaired) electrons. The highest BCUT2D eigenvalue weighted by molar-refractivity contribution is 5.44. The third-order valence-corrected chi connectivity index (χ3v) is 4.35. The largest absolute Gasteiger partial charge is 0.392 e. The summed E-state index contributed by atoms with van der Waals surface area (Å²) in [5, 5.41) is 21.2. The molecule has 0 aliphatic heterocycles. The van der Waals surface area contributed by atoms with E-state index in [-0.39, 0.29) is 5.92 Å². The van der Waals surface area contributed by atoms with E-state index < -0.39 is 17.1 Å². The van der Waals surface area contributed by atoms with Gasteiger partial charge in [-0.1, -0.05) is 52.0 Å². The van der Waals surface area contributed by atoms with Gasteiger partial charge in [0.2, 0.25) is 0 Å². The van der Waals surface area contributed by atoms with Gasteiger partial charge in [-0.2, -0.15) is 0 Å². The Bertz CT molecular complexity index is 423. The zero-order chi connectivity index (χ0) is 12.8. The molecule has 2 atom stereocenters. The first kappa shape index (κ1) is 12.6. The molecule has 2 N–H and O–H groups in total. The van der Waals surface area contributed by atoms with Gasteiger partial charge in [0.25, 0.3) is 0 Å². The van der Waals surface area contributed by atoms with E-state index in [9.17, 15) is 10.2 Å². The predicted molar refractivity (Wildman–Crippen MR) is 68.7 cm³/mol. The van der Waals surface area contributed by atoms with Crippen LogP contribution < -0.4 is 0 Å². The highest BCUT2D eigenvalue weighted by Gasteiger charge is 2.55. The molecule has 0 fully saturated rings. The zero-order valence-electron chi connectivity index (χ0n) is 11.1. The molecule has 0 spiro atoms. The van der Waals surface area contributed by atoms with Crippen LogP contribution in [0.1, 0.15) is 38.8 Å². The SMILES string of the molecule is CC(C)[C@@H](O)C(C)(C)[C@]1(O)Cc2ccccc21. The molecule has 0 bridgehead atoms. The second-order valence-electron chi connectivity index (χ2n) is 6.10. The molecular weight excluding hydrogens is 212 g/mol. The Hall–Kier alpha value is -0.860. The standard InChI is InChI=1S/C15H22O2/c1-10(2)13(16)14(3,4)15(17)9-11-7-5-6-8-12(11)15/h5-8,10,13,16-17H,9H2,1-4H3/t13-,15+/m1/s1. The Kier molecular flexibility index (Phi) is 2.83. The molecule has 0 saturated heterocycles. The lowest BCUT2D eigenvalue weighted by Crippen LogP contribution is -2.56. The van der Waals surface area contributed by atoms with Crippen molar-refractivity contribution in [1.82, 2.24) is 0 Å². The van der Waals surface area contributed by atoms with Crippen molar-refractivity contribution in [2.75, 3.05) is 0 Å². The predicted octanol–water partition coefficient (Wildman–Crippen LogP) is 2.47. The first-order chi connectivity index (χ1) is 7.80. The number of aliphatic hydroxyl groups excluding tert-OH is 1. The fourth-order valence-electron chi connectivity index (χ4n) is 2.99. The van der Waals surface area contributed by atoms with E-state index in [2.05, 4.69) is 0 Å². The van der Waals surface area contributed by atoms with Gasteiger partial charge in [0, 0.05) is 11.8 Å². The molecule has 94 valence electrons. The number of benzene rings is 1. The Morgan fingerprint density at radius 1 is 1.24 bits per heavy atom. The summed E-state index contributed by atoms with van der Waals surface area (Å²) >= 11 is 0. The van der Waals surface area contributed by atoms with Gasteiger partial charge < -0.3 is 10.2 Å². The van der Waals surface area contributed by atoms with Gasteiger partial charge in [0.15, 0.2) is 0 Å². The second-order valence-corrected chi connectivity index (χ2v) is 6.10. The van der Waals surface area contributed by atoms with Gasteiger partial charge in [-0.25, -0.2) is 0 Å². The van der Waals surface area contributed by atoms with E-state index >= 15 is 0 Å². The van der Waals surface area contributed by atoms with E-state index in [1.807, 2.05) is 52.0 Å². The Labute approximate surface area is 103 Å². The van der Waals surface area contributed by atoms with E-state index in [0.29, 0.717) is 6.42 Å². The molecule has 2 rings (SSSR count). The summed E-state index contributed by atoms with van der Waals surface area (Å²) in [6.07, 6.45) is 0.126. The summed E-state index contributed by atoms with van der Waals surface area (Å²) in [6, 6.07) is 7.94. The van der Waals surface area contributed by atoms with Crippen molar-refractivity contribution < 1.29 is 10.2 Å². The van der Waals surface area contributed by atoms with E-state index in [1.54, 1.807) is 0 Å². The van der Waals surface area contributed by atoms with Crippen LogP contribution in [-0.4, -0.2) is 16.3 Å². The van der Waals surface area contributed by atoms with Crippen molar-refractivity contribution in [3.05, 3.63) is 35.4 Å². The monoisotopic (exact) mass is 234 g/mol. The molecule has 0 saturated carbocycles. The summed E-state index contributed by atoms with van der Waals surface area (Å²) < 4.78 is 0. The summed E-state index contributed by atoms with van der Waals surface area (Å²) in [5.74, 6) is 0.141. The van der Waals surface area contributed by atoms with Gasteiger partial charge in [-0.15, -0.1) is 0 Å². The van der Waals surface area contributed by atoms with Gasteiger partial charge in [-0.05, 0) is 17.0 Å². The quantitative estimate of drug-likeness (QED) is 0.843. The molecule has 1 aliphatic carbocycles. The molecule has 17 heavy (non-hydrogen) atoms. The van der Waals surface area contributed by atoms with Gasteiger partial charge in [-0.3, -0.25) is 0 Å². The number of aliphatic hydroxyl groups is 2. The fourth-order valence-corrected chi connectivity index (χ4v) is 2.99. The number of hydrogen-bond donors (Lipinski definition) is 2. The third-order valence-electron chi connectivity index (χ3n) is 4.35. The number of rotatable bonds is 3. The van der Waals surface area contributed by atoms with Crippen LogP contribution in [0.4, 0.5) is 0 Å². The topological polar surface area (TPSA) is 40.5 Å². The van der Waals surface area contributed by atoms with E-state index in [0.717, 1.165) is 5.56 Å². The summed E-state index contributed by atoms with van der Waals surface area (Å²) in [5.41, 5.74) is 0.742. The maximum atomic E-state index is 10.8. The minimum absolute atomic E-state index is 0.141. The van der Waals surface area contributed by atoms with Crippen LogP contribution in [0.2, 0.25) is 0 Å².